The molecule has 1 aromatic rings. The number of nitrogens with zero attached hydrogens (tertiary/aromatic N) is 2. The molecule has 1 aromatic heterocycles. The molecule has 0 aromatic carbocycles. The van der Waals surface area contributed by atoms with E-state index in [1.807, 2.05) is 4.90 Å². The molecule has 0 radical (unpaired) electrons. The second-order valence-corrected chi connectivity index (χ2v) is 5.96. The van der Waals surface area contributed by atoms with Crippen molar-refractivity contribution in [2.45, 2.75) is 44.8 Å². The van der Waals surface area contributed by atoms with Crippen molar-refractivity contribution >= 4 is 11.8 Å². The molecule has 1 fully saturated rings. The van der Waals surface area contributed by atoms with Gasteiger partial charge in [0.1, 0.15) is 6.61 Å². The lowest BCUT2D eigenvalue weighted by atomic mass is 10.1. The van der Waals surface area contributed by atoms with Gasteiger partial charge in [-0.1, -0.05) is 12.8 Å². The summed E-state index contributed by atoms with van der Waals surface area (Å²) in [7, 11) is 1.51. The van der Waals surface area contributed by atoms with E-state index in [0.29, 0.717) is 29.6 Å². The van der Waals surface area contributed by atoms with E-state index in [1.165, 1.54) is 20.0 Å². The number of carbonyl (C=O) groups excluding carboxylic acids is 2. The second kappa shape index (κ2) is 6.54. The first-order valence-corrected chi connectivity index (χ1v) is 7.89. The molecule has 1 saturated carbocycles. The molecule has 0 spiro atoms. The zero-order valence-corrected chi connectivity index (χ0v) is 13.2. The van der Waals surface area contributed by atoms with Crippen LogP contribution in [0.15, 0.2) is 6.07 Å². The van der Waals surface area contributed by atoms with Gasteiger partial charge >= 0.3 is 0 Å². The summed E-state index contributed by atoms with van der Waals surface area (Å²) < 4.78 is 5.28. The number of aromatic nitrogens is 1. The Morgan fingerprint density at radius 1 is 1.48 bits per heavy atom. The molecular weight excluding hydrogens is 298 g/mol. The molecule has 2 N–H and O–H groups in total. The van der Waals surface area contributed by atoms with Crippen LogP contribution < -0.4 is 10.1 Å². The first-order chi connectivity index (χ1) is 11.1. The van der Waals surface area contributed by atoms with Crippen LogP contribution in [-0.2, 0) is 17.9 Å². The monoisotopic (exact) mass is 319 g/mol. The van der Waals surface area contributed by atoms with E-state index >= 15 is 0 Å². The average molecular weight is 319 g/mol. The zero-order chi connectivity index (χ0) is 16.4. The minimum absolute atomic E-state index is 0.0109. The number of aliphatic hydroxyl groups excluding tert-OH is 1. The van der Waals surface area contributed by atoms with Crippen molar-refractivity contribution in [3.8, 4) is 5.88 Å². The molecule has 124 valence electrons. The summed E-state index contributed by atoms with van der Waals surface area (Å²) in [6, 6.07) is 2.05. The Labute approximate surface area is 134 Å². The Kier molecular flexibility index (Phi) is 4.47. The normalized spacial score (nSPS) is 17.5. The maximum atomic E-state index is 12.6. The van der Waals surface area contributed by atoms with Gasteiger partial charge in [-0.25, -0.2) is 4.98 Å². The van der Waals surface area contributed by atoms with E-state index in [2.05, 4.69) is 10.3 Å². The number of hydrogen-bond acceptors (Lipinski definition) is 5. The summed E-state index contributed by atoms with van der Waals surface area (Å²) in [5.41, 5.74) is 1.96. The fraction of sp³-hybridized carbons (Fsp3) is 0.562. The third-order valence-electron chi connectivity index (χ3n) is 4.53. The van der Waals surface area contributed by atoms with E-state index in [9.17, 15) is 9.59 Å². The van der Waals surface area contributed by atoms with E-state index in [-0.39, 0.29) is 12.5 Å². The first-order valence-electron chi connectivity index (χ1n) is 7.89. The van der Waals surface area contributed by atoms with Gasteiger partial charge in [0.25, 0.3) is 5.91 Å². The SMILES string of the molecule is COc1nc2c(cc1CNC(=O)CO)C(=O)N(C1CCCC1)C2. The van der Waals surface area contributed by atoms with Crippen LogP contribution >= 0.6 is 0 Å². The highest BCUT2D eigenvalue weighted by molar-refractivity contribution is 5.98. The number of carbonyl (C=O) groups is 2. The summed E-state index contributed by atoms with van der Waals surface area (Å²) in [6.07, 6.45) is 4.44. The van der Waals surface area contributed by atoms with Crippen molar-refractivity contribution in [1.29, 1.82) is 0 Å². The molecule has 7 heteroatoms. The molecule has 0 unspecified atom stereocenters. The quantitative estimate of drug-likeness (QED) is 0.829. The molecule has 0 bridgehead atoms. The van der Waals surface area contributed by atoms with Gasteiger partial charge in [0, 0.05) is 18.2 Å². The lowest BCUT2D eigenvalue weighted by Gasteiger charge is -2.22. The standard InChI is InChI=1S/C16H21N3O4/c1-23-15-10(7-17-14(21)9-20)6-12-13(18-15)8-19(16(12)22)11-4-2-3-5-11/h6,11,20H,2-5,7-9H2,1H3,(H,17,21). The van der Waals surface area contributed by atoms with Crippen molar-refractivity contribution < 1.29 is 19.4 Å². The molecule has 2 aliphatic rings. The van der Waals surface area contributed by atoms with Gasteiger partial charge in [-0.3, -0.25) is 9.59 Å². The van der Waals surface area contributed by atoms with Crippen molar-refractivity contribution in [3.63, 3.8) is 0 Å². The third kappa shape index (κ3) is 3.01. The molecule has 1 aliphatic carbocycles. The van der Waals surface area contributed by atoms with Crippen molar-refractivity contribution in [2.75, 3.05) is 13.7 Å². The van der Waals surface area contributed by atoms with E-state index < -0.39 is 12.5 Å². The van der Waals surface area contributed by atoms with Crippen LogP contribution in [0.25, 0.3) is 0 Å². The molecule has 0 saturated heterocycles. The molecule has 1 aliphatic heterocycles. The van der Waals surface area contributed by atoms with Gasteiger partial charge in [-0.2, -0.15) is 0 Å². The van der Waals surface area contributed by atoms with Gasteiger partial charge in [0.2, 0.25) is 11.8 Å². The predicted octanol–water partition coefficient (Wildman–Crippen LogP) is 0.597. The number of rotatable bonds is 5. The second-order valence-electron chi connectivity index (χ2n) is 5.96. The average Bonchev–Trinajstić information content (AvgIpc) is 3.20. The highest BCUT2D eigenvalue weighted by atomic mass is 16.5. The van der Waals surface area contributed by atoms with Crippen LogP contribution in [-0.4, -0.2) is 46.6 Å². The molecule has 23 heavy (non-hydrogen) atoms. The maximum Gasteiger partial charge on any atom is 0.256 e. The summed E-state index contributed by atoms with van der Waals surface area (Å²) in [5.74, 6) is -0.0636. The number of pyridine rings is 1. The van der Waals surface area contributed by atoms with Crippen LogP contribution in [0.3, 0.4) is 0 Å². The summed E-state index contributed by atoms with van der Waals surface area (Å²) in [6.45, 7) is 0.118. The van der Waals surface area contributed by atoms with E-state index in [4.69, 9.17) is 9.84 Å². The van der Waals surface area contributed by atoms with Crippen LogP contribution in [0.2, 0.25) is 0 Å². The topological polar surface area (TPSA) is 91.8 Å². The molecule has 0 atom stereocenters. The van der Waals surface area contributed by atoms with Gasteiger partial charge in [0.05, 0.1) is 24.9 Å². The fourth-order valence-corrected chi connectivity index (χ4v) is 3.33. The first kappa shape index (κ1) is 15.7. The zero-order valence-electron chi connectivity index (χ0n) is 13.2. The Balaban J connectivity index is 1.83. The minimum Gasteiger partial charge on any atom is -0.481 e. The number of aliphatic hydroxyl groups is 1. The molecule has 2 amide bonds. The predicted molar refractivity (Wildman–Crippen MR) is 81.9 cm³/mol. The lowest BCUT2D eigenvalue weighted by Crippen LogP contribution is -2.33. The number of nitrogens with one attached hydrogen (secondary N) is 1. The lowest BCUT2D eigenvalue weighted by molar-refractivity contribution is -0.123. The third-order valence-corrected chi connectivity index (χ3v) is 4.53. The van der Waals surface area contributed by atoms with Gasteiger partial charge in [-0.15, -0.1) is 0 Å². The summed E-state index contributed by atoms with van der Waals surface area (Å²) in [5, 5.41) is 11.3. The van der Waals surface area contributed by atoms with Crippen LogP contribution in [0.1, 0.15) is 47.3 Å². The van der Waals surface area contributed by atoms with Crippen LogP contribution in [0, 0.1) is 0 Å². The van der Waals surface area contributed by atoms with Crippen molar-refractivity contribution in [1.82, 2.24) is 15.2 Å². The number of amides is 2. The Hall–Kier alpha value is -2.15. The highest BCUT2D eigenvalue weighted by Crippen LogP contribution is 2.33. The minimum atomic E-state index is -0.574. The Morgan fingerprint density at radius 2 is 2.22 bits per heavy atom. The Morgan fingerprint density at radius 3 is 2.87 bits per heavy atom. The van der Waals surface area contributed by atoms with Crippen molar-refractivity contribution in [3.05, 3.63) is 22.9 Å². The maximum absolute atomic E-state index is 12.6. The summed E-state index contributed by atoms with van der Waals surface area (Å²) in [4.78, 5) is 30.2. The highest BCUT2D eigenvalue weighted by Gasteiger charge is 2.35. The smallest absolute Gasteiger partial charge is 0.256 e. The largest absolute Gasteiger partial charge is 0.481 e. The summed E-state index contributed by atoms with van der Waals surface area (Å²) >= 11 is 0. The molecular formula is C16H21N3O4. The van der Waals surface area contributed by atoms with Gasteiger partial charge in [-0.05, 0) is 18.9 Å². The van der Waals surface area contributed by atoms with Gasteiger partial charge in [0.15, 0.2) is 0 Å². The molecule has 3 rings (SSSR count). The Bertz CT molecular complexity index is 626. The van der Waals surface area contributed by atoms with Crippen molar-refractivity contribution in [2.24, 2.45) is 0 Å². The van der Waals surface area contributed by atoms with Crippen LogP contribution in [0.5, 0.6) is 5.88 Å². The number of methoxy groups -OCH3 is 1. The number of ether oxygens (including phenoxy) is 1. The molecule has 7 nitrogen and oxygen atoms in total. The van der Waals surface area contributed by atoms with Crippen LogP contribution in [0.4, 0.5) is 0 Å². The fourth-order valence-electron chi connectivity index (χ4n) is 3.33. The van der Waals surface area contributed by atoms with Gasteiger partial charge < -0.3 is 20.1 Å². The number of fused-ring (bicyclic) bond motifs is 1. The number of hydrogen-bond donors (Lipinski definition) is 2. The van der Waals surface area contributed by atoms with E-state index in [1.54, 1.807) is 6.07 Å². The van der Waals surface area contributed by atoms with E-state index in [0.717, 1.165) is 18.5 Å². The molecule has 2 heterocycles.